The summed E-state index contributed by atoms with van der Waals surface area (Å²) in [5, 5.41) is 0. The van der Waals surface area contributed by atoms with Crippen LogP contribution < -0.4 is 0 Å². The van der Waals surface area contributed by atoms with Crippen molar-refractivity contribution in [2.75, 3.05) is 11.5 Å². The highest BCUT2D eigenvalue weighted by Gasteiger charge is 2.37. The van der Waals surface area contributed by atoms with E-state index in [0.29, 0.717) is 0 Å². The van der Waals surface area contributed by atoms with Gasteiger partial charge >= 0.3 is 6.09 Å². The molecule has 1 amide bonds. The Morgan fingerprint density at radius 3 is 2.46 bits per heavy atom. The topological polar surface area (TPSA) is 87.1 Å². The minimum Gasteiger partial charge on any atom is -0.444 e. The van der Waals surface area contributed by atoms with Crippen molar-refractivity contribution in [1.82, 2.24) is 4.90 Å². The highest BCUT2D eigenvalue weighted by atomic mass is 32.3. The highest BCUT2D eigenvalue weighted by Crippen LogP contribution is 2.44. The molecule has 1 aromatic rings. The van der Waals surface area contributed by atoms with E-state index >= 15 is 0 Å². The van der Waals surface area contributed by atoms with Crippen LogP contribution in [-0.4, -0.2) is 49.0 Å². The van der Waals surface area contributed by atoms with Gasteiger partial charge in [-0.15, -0.1) is 0 Å². The second kappa shape index (κ2) is 7.13. The van der Waals surface area contributed by atoms with Crippen molar-refractivity contribution in [2.45, 2.75) is 45.4 Å². The van der Waals surface area contributed by atoms with Gasteiger partial charge in [0.1, 0.15) is 5.60 Å². The van der Waals surface area contributed by atoms with Gasteiger partial charge in [-0.3, -0.25) is 18.8 Å². The molecule has 6 nitrogen and oxygen atoms in total. The number of carbonyl (C=O) groups is 2. The summed E-state index contributed by atoms with van der Waals surface area (Å²) >= 11 is 0. The van der Waals surface area contributed by atoms with Crippen molar-refractivity contribution in [3.63, 3.8) is 0 Å². The van der Waals surface area contributed by atoms with Gasteiger partial charge in [-0.05, 0) is 26.3 Å². The zero-order chi connectivity index (χ0) is 18.0. The molecular formula is C17H25NO5S. The quantitative estimate of drug-likeness (QED) is 0.866. The third-order valence-electron chi connectivity index (χ3n) is 3.58. The summed E-state index contributed by atoms with van der Waals surface area (Å²) in [6.45, 7) is 5.56. The van der Waals surface area contributed by atoms with Crippen molar-refractivity contribution in [2.24, 2.45) is 0 Å². The summed E-state index contributed by atoms with van der Waals surface area (Å²) in [6, 6.07) is 8.78. The number of Topliss-reactive ketones (excluding diaryl/α,β-unsaturated/α-hetero) is 1. The molecule has 134 valence electrons. The number of amides is 1. The van der Waals surface area contributed by atoms with E-state index in [1.54, 1.807) is 20.8 Å². The van der Waals surface area contributed by atoms with Crippen LogP contribution in [0.3, 0.4) is 0 Å². The molecular weight excluding hydrogens is 330 g/mol. The molecule has 1 fully saturated rings. The summed E-state index contributed by atoms with van der Waals surface area (Å²) < 4.78 is 25.4. The van der Waals surface area contributed by atoms with Crippen molar-refractivity contribution in [3.05, 3.63) is 35.9 Å². The molecule has 1 aromatic carbocycles. The van der Waals surface area contributed by atoms with Gasteiger partial charge < -0.3 is 4.74 Å². The van der Waals surface area contributed by atoms with E-state index in [1.807, 2.05) is 30.3 Å². The Morgan fingerprint density at radius 1 is 1.29 bits per heavy atom. The predicted octanol–water partition coefficient (Wildman–Crippen LogP) is 3.52. The van der Waals surface area contributed by atoms with Crippen LogP contribution in [0.4, 0.5) is 4.79 Å². The maximum Gasteiger partial charge on any atom is 0.410 e. The summed E-state index contributed by atoms with van der Waals surface area (Å²) in [5.41, 5.74) is 0.213. The molecule has 0 bridgehead atoms. The van der Waals surface area contributed by atoms with Gasteiger partial charge in [0.25, 0.3) is 0 Å². The van der Waals surface area contributed by atoms with Crippen LogP contribution in [0.15, 0.2) is 30.3 Å². The number of ether oxygens (including phenoxy) is 1. The van der Waals surface area contributed by atoms with Crippen molar-refractivity contribution < 1.29 is 23.4 Å². The number of ketones is 1. The molecule has 1 aliphatic rings. The average molecular weight is 355 g/mol. The minimum absolute atomic E-state index is 0.00478. The standard InChI is InChI=1S/C17H25NO5S/c1-17(2,3)23-16(20)18(10-13-7-5-4-6-8-13)14-9-15(19)12-24(21,22)11-14/h4-8,14,21-22H,9-12H2,1-3H3. The van der Waals surface area contributed by atoms with E-state index in [1.165, 1.54) is 4.90 Å². The molecule has 24 heavy (non-hydrogen) atoms. The first kappa shape index (κ1) is 18.8. The van der Waals surface area contributed by atoms with Gasteiger partial charge in [0.2, 0.25) is 0 Å². The van der Waals surface area contributed by atoms with E-state index in [9.17, 15) is 18.7 Å². The largest absolute Gasteiger partial charge is 0.444 e. The van der Waals surface area contributed by atoms with E-state index in [4.69, 9.17) is 4.74 Å². The lowest BCUT2D eigenvalue weighted by Gasteiger charge is -2.43. The Morgan fingerprint density at radius 2 is 1.92 bits per heavy atom. The molecule has 1 aliphatic heterocycles. The van der Waals surface area contributed by atoms with Crippen molar-refractivity contribution >= 4 is 22.5 Å². The first-order chi connectivity index (χ1) is 11.1. The van der Waals surface area contributed by atoms with Crippen LogP contribution in [-0.2, 0) is 16.1 Å². The van der Waals surface area contributed by atoms with E-state index in [2.05, 4.69) is 0 Å². The number of hydrogen-bond acceptors (Lipinski definition) is 5. The lowest BCUT2D eigenvalue weighted by atomic mass is 10.1. The molecule has 1 heterocycles. The van der Waals surface area contributed by atoms with Crippen molar-refractivity contribution in [3.8, 4) is 0 Å². The maximum absolute atomic E-state index is 12.6. The summed E-state index contributed by atoms with van der Waals surface area (Å²) in [5.74, 6) is -0.463. The molecule has 0 aliphatic carbocycles. The van der Waals surface area contributed by atoms with Crippen LogP contribution in [0.5, 0.6) is 0 Å². The molecule has 2 rings (SSSR count). The second-order valence-corrected chi connectivity index (χ2v) is 9.33. The predicted molar refractivity (Wildman–Crippen MR) is 94.2 cm³/mol. The number of benzene rings is 1. The first-order valence-electron chi connectivity index (χ1n) is 7.84. The maximum atomic E-state index is 12.6. The Hall–Kier alpha value is -1.57. The Labute approximate surface area is 144 Å². The van der Waals surface area contributed by atoms with Crippen molar-refractivity contribution in [1.29, 1.82) is 0 Å². The highest BCUT2D eigenvalue weighted by molar-refractivity contribution is 8.24. The normalized spacial score (nSPS) is 21.9. The molecule has 1 saturated heterocycles. The van der Waals surface area contributed by atoms with E-state index < -0.39 is 28.3 Å². The minimum atomic E-state index is -2.99. The van der Waals surface area contributed by atoms with Crippen LogP contribution >= 0.6 is 10.6 Å². The van der Waals surface area contributed by atoms with Gasteiger partial charge in [-0.1, -0.05) is 30.3 Å². The van der Waals surface area contributed by atoms with E-state index in [-0.39, 0.29) is 30.3 Å². The fourth-order valence-electron chi connectivity index (χ4n) is 2.65. The van der Waals surface area contributed by atoms with Gasteiger partial charge in [-0.2, -0.15) is 10.6 Å². The van der Waals surface area contributed by atoms with Gasteiger partial charge in [-0.25, -0.2) is 4.79 Å². The third kappa shape index (κ3) is 5.51. The molecule has 1 atom stereocenters. The zero-order valence-corrected chi connectivity index (χ0v) is 15.1. The monoisotopic (exact) mass is 355 g/mol. The molecule has 0 radical (unpaired) electrons. The lowest BCUT2D eigenvalue weighted by molar-refractivity contribution is -0.118. The molecule has 7 heteroatoms. The number of carbonyl (C=O) groups excluding carboxylic acids is 2. The molecule has 0 saturated carbocycles. The Balaban J connectivity index is 2.24. The first-order valence-corrected chi connectivity index (χ1v) is 9.73. The molecule has 1 unspecified atom stereocenters. The van der Waals surface area contributed by atoms with Crippen LogP contribution in [0.25, 0.3) is 0 Å². The molecule has 0 aromatic heterocycles. The number of rotatable bonds is 3. The van der Waals surface area contributed by atoms with Crippen LogP contribution in [0.2, 0.25) is 0 Å². The summed E-state index contributed by atoms with van der Waals surface area (Å²) in [7, 11) is -2.99. The van der Waals surface area contributed by atoms with Gasteiger partial charge in [0.05, 0.1) is 17.5 Å². The fourth-order valence-corrected chi connectivity index (χ4v) is 4.31. The SMILES string of the molecule is CC(C)(C)OC(=O)N(Cc1ccccc1)C1CC(=O)CS(O)(O)C1. The smallest absolute Gasteiger partial charge is 0.410 e. The van der Waals surface area contributed by atoms with Crippen LogP contribution in [0.1, 0.15) is 32.8 Å². The van der Waals surface area contributed by atoms with Gasteiger partial charge in [0, 0.05) is 13.0 Å². The summed E-state index contributed by atoms with van der Waals surface area (Å²) in [4.78, 5) is 25.9. The average Bonchev–Trinajstić information content (AvgIpc) is 2.41. The van der Waals surface area contributed by atoms with E-state index in [0.717, 1.165) is 5.56 Å². The Kier molecular flexibility index (Phi) is 5.57. The Bertz CT molecular complexity index is 597. The third-order valence-corrected chi connectivity index (χ3v) is 5.28. The summed E-state index contributed by atoms with van der Waals surface area (Å²) in [6.07, 6.45) is -0.441. The number of nitrogens with zero attached hydrogens (tertiary/aromatic N) is 1. The van der Waals surface area contributed by atoms with Gasteiger partial charge in [0.15, 0.2) is 5.78 Å². The fraction of sp³-hybridized carbons (Fsp3) is 0.529. The second-order valence-electron chi connectivity index (χ2n) is 7.10. The van der Waals surface area contributed by atoms with Crippen LogP contribution in [0, 0.1) is 0 Å². The molecule has 2 N–H and O–H groups in total. The number of hydrogen-bond donors (Lipinski definition) is 2. The zero-order valence-electron chi connectivity index (χ0n) is 14.3. The lowest BCUT2D eigenvalue weighted by Crippen LogP contribution is -2.49. The molecule has 0 spiro atoms.